The molecule has 0 aliphatic carbocycles. The van der Waals surface area contributed by atoms with Crippen LogP contribution in [0.1, 0.15) is 31.9 Å². The van der Waals surface area contributed by atoms with Gasteiger partial charge in [0.05, 0.1) is 23.4 Å². The minimum absolute atomic E-state index is 0.0856. The monoisotopic (exact) mass is 449 g/mol. The molecule has 0 saturated carbocycles. The van der Waals surface area contributed by atoms with E-state index in [1.807, 2.05) is 19.1 Å². The van der Waals surface area contributed by atoms with Gasteiger partial charge in [-0.3, -0.25) is 9.69 Å². The van der Waals surface area contributed by atoms with Crippen molar-refractivity contribution >= 4 is 33.4 Å². The van der Waals surface area contributed by atoms with E-state index in [1.54, 1.807) is 36.2 Å². The summed E-state index contributed by atoms with van der Waals surface area (Å²) in [5.41, 5.74) is 0.573. The van der Waals surface area contributed by atoms with Crippen LogP contribution in [0.5, 0.6) is 0 Å². The summed E-state index contributed by atoms with van der Waals surface area (Å²) < 4.78 is 33.8. The lowest BCUT2D eigenvalue weighted by Gasteiger charge is -2.31. The van der Waals surface area contributed by atoms with Gasteiger partial charge in [0.25, 0.3) is 0 Å². The van der Waals surface area contributed by atoms with Crippen LogP contribution in [0.15, 0.2) is 50.8 Å². The van der Waals surface area contributed by atoms with Crippen LogP contribution in [-0.2, 0) is 21.4 Å². The summed E-state index contributed by atoms with van der Waals surface area (Å²) in [4.78, 5) is 15.4. The number of rotatable bonds is 6. The van der Waals surface area contributed by atoms with Crippen molar-refractivity contribution in [2.24, 2.45) is 5.92 Å². The zero-order valence-electron chi connectivity index (χ0n) is 17.0. The molecule has 1 atom stereocenters. The van der Waals surface area contributed by atoms with Crippen LogP contribution in [0.4, 0.5) is 5.69 Å². The van der Waals surface area contributed by atoms with Gasteiger partial charge in [0.15, 0.2) is 0 Å². The molecule has 7 nitrogen and oxygen atoms in total. The predicted molar refractivity (Wildman–Crippen MR) is 117 cm³/mol. The van der Waals surface area contributed by atoms with E-state index in [4.69, 9.17) is 4.42 Å². The molecule has 2 aliphatic rings. The molecule has 1 amide bonds. The Kier molecular flexibility index (Phi) is 6.52. The number of thioether (sulfide) groups is 1. The lowest BCUT2D eigenvalue weighted by Crippen LogP contribution is -2.38. The summed E-state index contributed by atoms with van der Waals surface area (Å²) in [7, 11) is -3.63. The van der Waals surface area contributed by atoms with Crippen LogP contribution in [0.25, 0.3) is 0 Å². The largest absolute Gasteiger partial charge is 0.468 e. The SMILES string of the molecule is CC1CC(=O)Nc2cc(S(=O)(=O)NCC3CCN(Cc4ccco4)CC3)ccc2S1. The third-order valence-corrected chi connectivity index (χ3v) is 8.17. The molecule has 0 radical (unpaired) electrons. The molecule has 2 aliphatic heterocycles. The smallest absolute Gasteiger partial charge is 0.240 e. The Morgan fingerprint density at radius 3 is 2.80 bits per heavy atom. The fourth-order valence-corrected chi connectivity index (χ4v) is 6.07. The fraction of sp³-hybridized carbons (Fsp3) is 0.476. The number of carbonyl (C=O) groups excluding carboxylic acids is 1. The van der Waals surface area contributed by atoms with Crippen molar-refractivity contribution in [1.29, 1.82) is 0 Å². The van der Waals surface area contributed by atoms with E-state index in [1.165, 1.54) is 0 Å². The Morgan fingerprint density at radius 2 is 2.07 bits per heavy atom. The molecule has 4 rings (SSSR count). The van der Waals surface area contributed by atoms with Crippen molar-refractivity contribution in [1.82, 2.24) is 9.62 Å². The van der Waals surface area contributed by atoms with Crippen LogP contribution < -0.4 is 10.0 Å². The van der Waals surface area contributed by atoms with Gasteiger partial charge >= 0.3 is 0 Å². The van der Waals surface area contributed by atoms with Crippen LogP contribution in [0.3, 0.4) is 0 Å². The number of carbonyl (C=O) groups is 1. The molecule has 9 heteroatoms. The minimum atomic E-state index is -3.63. The van der Waals surface area contributed by atoms with Gasteiger partial charge in [0, 0.05) is 23.1 Å². The van der Waals surface area contributed by atoms with Crippen LogP contribution in [-0.4, -0.2) is 44.1 Å². The molecular formula is C21H27N3O4S2. The van der Waals surface area contributed by atoms with Crippen molar-refractivity contribution in [2.45, 2.75) is 47.8 Å². The molecule has 1 unspecified atom stereocenters. The Balaban J connectivity index is 1.33. The number of amides is 1. The van der Waals surface area contributed by atoms with Gasteiger partial charge < -0.3 is 9.73 Å². The van der Waals surface area contributed by atoms with Crippen molar-refractivity contribution in [3.63, 3.8) is 0 Å². The average molecular weight is 450 g/mol. The Bertz CT molecular complexity index is 984. The number of hydrogen-bond acceptors (Lipinski definition) is 6. The van der Waals surface area contributed by atoms with Gasteiger partial charge in [-0.1, -0.05) is 6.92 Å². The van der Waals surface area contributed by atoms with E-state index in [9.17, 15) is 13.2 Å². The van der Waals surface area contributed by atoms with Crippen molar-refractivity contribution in [2.75, 3.05) is 25.0 Å². The summed E-state index contributed by atoms with van der Waals surface area (Å²) in [5, 5.41) is 2.99. The summed E-state index contributed by atoms with van der Waals surface area (Å²) in [6.45, 7) is 5.06. The zero-order chi connectivity index (χ0) is 21.1. The Labute approximate surface area is 181 Å². The molecule has 1 saturated heterocycles. The van der Waals surface area contributed by atoms with Crippen LogP contribution in [0, 0.1) is 5.92 Å². The number of nitrogens with one attached hydrogen (secondary N) is 2. The molecular weight excluding hydrogens is 422 g/mol. The van der Waals surface area contributed by atoms with E-state index in [-0.39, 0.29) is 16.1 Å². The quantitative estimate of drug-likeness (QED) is 0.703. The van der Waals surface area contributed by atoms with E-state index in [0.29, 0.717) is 24.6 Å². The van der Waals surface area contributed by atoms with Gasteiger partial charge in [-0.05, 0) is 62.2 Å². The molecule has 162 valence electrons. The average Bonchev–Trinajstić information content (AvgIpc) is 3.16. The normalized spacial score (nSPS) is 21.1. The highest BCUT2D eigenvalue weighted by Crippen LogP contribution is 2.36. The molecule has 30 heavy (non-hydrogen) atoms. The number of anilines is 1. The summed E-state index contributed by atoms with van der Waals surface area (Å²) in [5.74, 6) is 1.18. The first-order valence-corrected chi connectivity index (χ1v) is 12.6. The number of benzene rings is 1. The number of sulfonamides is 1. The lowest BCUT2D eigenvalue weighted by atomic mass is 9.97. The standard InChI is InChI=1S/C21H27N3O4S2/c1-15-11-21(25)23-19-12-18(4-5-20(19)29-15)30(26,27)22-13-16-6-8-24(9-7-16)14-17-3-2-10-28-17/h2-5,10,12,15-16,22H,6-9,11,13-14H2,1H3,(H,23,25). The highest BCUT2D eigenvalue weighted by Gasteiger charge is 2.24. The van der Waals surface area contributed by atoms with Crippen LogP contribution in [0.2, 0.25) is 0 Å². The van der Waals surface area contributed by atoms with Gasteiger partial charge in [-0.2, -0.15) is 0 Å². The van der Waals surface area contributed by atoms with Gasteiger partial charge in [-0.15, -0.1) is 11.8 Å². The molecule has 0 bridgehead atoms. The third-order valence-electron chi connectivity index (χ3n) is 5.57. The van der Waals surface area contributed by atoms with Gasteiger partial charge in [0.1, 0.15) is 5.76 Å². The van der Waals surface area contributed by atoms with E-state index in [0.717, 1.165) is 43.1 Å². The maximum atomic E-state index is 12.8. The molecule has 2 aromatic rings. The predicted octanol–water partition coefficient (Wildman–Crippen LogP) is 3.29. The Hall–Kier alpha value is -1.81. The van der Waals surface area contributed by atoms with Gasteiger partial charge in [-0.25, -0.2) is 13.1 Å². The van der Waals surface area contributed by atoms with E-state index in [2.05, 4.69) is 14.9 Å². The molecule has 0 spiro atoms. The number of furan rings is 1. The van der Waals surface area contributed by atoms with Gasteiger partial charge in [0.2, 0.25) is 15.9 Å². The number of fused-ring (bicyclic) bond motifs is 1. The fourth-order valence-electron chi connectivity index (χ4n) is 3.88. The van der Waals surface area contributed by atoms with Crippen molar-refractivity contribution in [3.05, 3.63) is 42.4 Å². The first-order valence-electron chi connectivity index (χ1n) is 10.2. The summed E-state index contributed by atoms with van der Waals surface area (Å²) in [6.07, 6.45) is 3.98. The second kappa shape index (κ2) is 9.13. The highest BCUT2D eigenvalue weighted by molar-refractivity contribution is 8.00. The maximum Gasteiger partial charge on any atom is 0.240 e. The summed E-state index contributed by atoms with van der Waals surface area (Å²) in [6, 6.07) is 8.83. The topological polar surface area (TPSA) is 91.6 Å². The third kappa shape index (κ3) is 5.26. The molecule has 1 aromatic carbocycles. The summed E-state index contributed by atoms with van der Waals surface area (Å²) >= 11 is 1.58. The second-order valence-electron chi connectivity index (χ2n) is 7.99. The number of piperidine rings is 1. The molecule has 3 heterocycles. The highest BCUT2D eigenvalue weighted by atomic mass is 32.2. The molecule has 2 N–H and O–H groups in total. The maximum absolute atomic E-state index is 12.8. The van der Waals surface area contributed by atoms with Crippen molar-refractivity contribution < 1.29 is 17.6 Å². The number of hydrogen-bond donors (Lipinski definition) is 2. The first-order chi connectivity index (χ1) is 14.4. The second-order valence-corrected chi connectivity index (χ2v) is 11.2. The molecule has 1 aromatic heterocycles. The minimum Gasteiger partial charge on any atom is -0.468 e. The number of nitrogens with zero attached hydrogens (tertiary/aromatic N) is 1. The number of likely N-dealkylation sites (tertiary alicyclic amines) is 1. The first kappa shape index (κ1) is 21.4. The van der Waals surface area contributed by atoms with E-state index >= 15 is 0 Å². The Morgan fingerprint density at radius 1 is 1.27 bits per heavy atom. The molecule has 1 fully saturated rings. The van der Waals surface area contributed by atoms with E-state index < -0.39 is 10.0 Å². The van der Waals surface area contributed by atoms with Crippen molar-refractivity contribution in [3.8, 4) is 0 Å². The lowest BCUT2D eigenvalue weighted by molar-refractivity contribution is -0.116. The van der Waals surface area contributed by atoms with Crippen LogP contribution >= 0.6 is 11.8 Å². The zero-order valence-corrected chi connectivity index (χ0v) is 18.6.